The number of ether oxygens (including phenoxy) is 2. The summed E-state index contributed by atoms with van der Waals surface area (Å²) in [6, 6.07) is 13.2. The standard InChI is InChI=1S/C32H43ClN2O3S.BrH/c1-2-3-4-5-6-7-8-9-10-11-12-13-20-37-29-17-18-31(30(33)23-29)38-25-32(36)34-28-16-14-15-27(22-28)24-35-19-21-39-26-35;/h14-19,21-23,26H,2-13,20,24-25H2,1H3;1H. The lowest BCUT2D eigenvalue weighted by Gasteiger charge is -2.11. The number of rotatable bonds is 20. The van der Waals surface area contributed by atoms with Crippen LogP contribution in [-0.4, -0.2) is 19.1 Å². The summed E-state index contributed by atoms with van der Waals surface area (Å²) < 4.78 is 13.6. The van der Waals surface area contributed by atoms with Crippen LogP contribution in [0.2, 0.25) is 5.02 Å². The molecule has 1 amide bonds. The van der Waals surface area contributed by atoms with Crippen molar-refractivity contribution in [2.45, 2.75) is 90.5 Å². The summed E-state index contributed by atoms with van der Waals surface area (Å²) in [6.45, 7) is 3.58. The van der Waals surface area contributed by atoms with Crippen LogP contribution in [0, 0.1) is 0 Å². The zero-order valence-corrected chi connectivity index (χ0v) is 26.9. The fourth-order valence-corrected chi connectivity index (χ4v) is 5.29. The van der Waals surface area contributed by atoms with E-state index < -0.39 is 0 Å². The number of hydrogen-bond donors (Lipinski definition) is 1. The third-order valence-corrected chi connectivity index (χ3v) is 7.60. The maximum Gasteiger partial charge on any atom is 0.262 e. The van der Waals surface area contributed by atoms with E-state index >= 15 is 0 Å². The molecule has 0 aliphatic heterocycles. The van der Waals surface area contributed by atoms with E-state index in [1.54, 1.807) is 23.5 Å². The number of anilines is 1. The summed E-state index contributed by atoms with van der Waals surface area (Å²) in [7, 11) is 0. The Hall–Kier alpha value is -2.09. The normalized spacial score (nSPS) is 10.7. The number of carbonyl (C=O) groups excluding carboxylic acids is 1. The van der Waals surface area contributed by atoms with Gasteiger partial charge < -0.3 is 31.8 Å². The molecule has 0 saturated heterocycles. The van der Waals surface area contributed by atoms with Gasteiger partial charge in [0.1, 0.15) is 11.5 Å². The van der Waals surface area contributed by atoms with E-state index in [1.807, 2.05) is 41.9 Å². The molecule has 0 aliphatic rings. The summed E-state index contributed by atoms with van der Waals surface area (Å²) in [5.41, 5.74) is 3.90. The first kappa shape index (κ1) is 34.1. The van der Waals surface area contributed by atoms with Crippen LogP contribution in [-0.2, 0) is 11.3 Å². The minimum absolute atomic E-state index is 0. The van der Waals surface area contributed by atoms with Gasteiger partial charge in [-0.25, -0.2) is 0 Å². The smallest absolute Gasteiger partial charge is 0.262 e. The molecule has 220 valence electrons. The molecule has 1 heterocycles. The van der Waals surface area contributed by atoms with Crippen molar-refractivity contribution in [2.24, 2.45) is 0 Å². The van der Waals surface area contributed by atoms with Gasteiger partial charge in [-0.1, -0.05) is 113 Å². The Morgan fingerprint density at radius 1 is 0.900 bits per heavy atom. The Bertz CT molecular complexity index is 1100. The molecule has 0 aliphatic carbocycles. The van der Waals surface area contributed by atoms with Gasteiger partial charge >= 0.3 is 0 Å². The fourth-order valence-electron chi connectivity index (χ4n) is 4.47. The minimum Gasteiger partial charge on any atom is -1.00 e. The van der Waals surface area contributed by atoms with Gasteiger partial charge in [-0.05, 0) is 30.7 Å². The molecule has 1 N–H and O–H groups in total. The Morgan fingerprint density at radius 2 is 1.60 bits per heavy atom. The van der Waals surface area contributed by atoms with Gasteiger partial charge in [0.2, 0.25) is 5.51 Å². The Morgan fingerprint density at radius 3 is 2.25 bits per heavy atom. The van der Waals surface area contributed by atoms with Crippen LogP contribution < -0.4 is 36.3 Å². The minimum atomic E-state index is -0.237. The molecule has 3 aromatic rings. The molecule has 1 aromatic heterocycles. The highest BCUT2D eigenvalue weighted by Gasteiger charge is 2.10. The maximum atomic E-state index is 12.4. The molecular formula is C32H44BrClN2O3S. The quantitative estimate of drug-likeness (QED) is 0.123. The highest BCUT2D eigenvalue weighted by molar-refractivity contribution is 7.07. The summed E-state index contributed by atoms with van der Waals surface area (Å²) in [5.74, 6) is 0.950. The molecule has 0 unspecified atom stereocenters. The van der Waals surface area contributed by atoms with E-state index in [9.17, 15) is 4.79 Å². The van der Waals surface area contributed by atoms with Crippen molar-refractivity contribution < 1.29 is 35.8 Å². The van der Waals surface area contributed by atoms with Crippen molar-refractivity contribution in [1.82, 2.24) is 0 Å². The monoisotopic (exact) mass is 650 g/mol. The predicted octanol–water partition coefficient (Wildman–Crippen LogP) is 5.84. The lowest BCUT2D eigenvalue weighted by Crippen LogP contribution is -3.00. The molecule has 2 aromatic carbocycles. The molecule has 8 heteroatoms. The summed E-state index contributed by atoms with van der Waals surface area (Å²) in [4.78, 5) is 12.4. The van der Waals surface area contributed by atoms with E-state index in [0.29, 0.717) is 17.4 Å². The first-order valence-corrected chi connectivity index (χ1v) is 15.8. The molecule has 5 nitrogen and oxygen atoms in total. The van der Waals surface area contributed by atoms with E-state index in [2.05, 4.69) is 22.3 Å². The number of benzene rings is 2. The molecule has 3 rings (SSSR count). The van der Waals surface area contributed by atoms with Crippen LogP contribution in [0.3, 0.4) is 0 Å². The van der Waals surface area contributed by atoms with Crippen molar-refractivity contribution in [1.29, 1.82) is 0 Å². The number of aromatic nitrogens is 1. The second kappa shape index (κ2) is 20.7. The first-order valence-electron chi connectivity index (χ1n) is 14.5. The van der Waals surface area contributed by atoms with E-state index in [0.717, 1.165) is 30.0 Å². The van der Waals surface area contributed by atoms with Crippen LogP contribution in [0.5, 0.6) is 11.5 Å². The molecule has 0 fully saturated rings. The lowest BCUT2D eigenvalue weighted by atomic mass is 10.1. The molecule has 0 atom stereocenters. The Kier molecular flexibility index (Phi) is 17.7. The summed E-state index contributed by atoms with van der Waals surface area (Å²) in [6.07, 6.45) is 17.9. The van der Waals surface area contributed by atoms with Gasteiger partial charge in [-0.2, -0.15) is 4.57 Å². The number of hydrogen-bond acceptors (Lipinski definition) is 4. The highest BCUT2D eigenvalue weighted by Crippen LogP contribution is 2.29. The van der Waals surface area contributed by atoms with E-state index in [-0.39, 0.29) is 29.5 Å². The fraction of sp³-hybridized carbons (Fsp3) is 0.500. The average Bonchev–Trinajstić information content (AvgIpc) is 3.44. The lowest BCUT2D eigenvalue weighted by molar-refractivity contribution is -0.683. The second-order valence-electron chi connectivity index (χ2n) is 10.1. The third-order valence-electron chi connectivity index (χ3n) is 6.63. The SMILES string of the molecule is CCCCCCCCCCCCCCOc1ccc(OCC(=O)Nc2cccc(C[n+]3ccsc3)c2)c(Cl)c1.[Br-]. The third kappa shape index (κ3) is 14.0. The Labute approximate surface area is 260 Å². The number of carbonyl (C=O) groups is 1. The molecule has 0 bridgehead atoms. The summed E-state index contributed by atoms with van der Waals surface area (Å²) in [5, 5.41) is 5.36. The topological polar surface area (TPSA) is 51.4 Å². The van der Waals surface area contributed by atoms with Gasteiger partial charge in [-0.3, -0.25) is 4.79 Å². The van der Waals surface area contributed by atoms with Crippen molar-refractivity contribution in [3.8, 4) is 11.5 Å². The van der Waals surface area contributed by atoms with E-state index in [4.69, 9.17) is 21.1 Å². The summed E-state index contributed by atoms with van der Waals surface area (Å²) >= 11 is 8.03. The van der Waals surface area contributed by atoms with Gasteiger partial charge in [0, 0.05) is 17.3 Å². The number of halogens is 2. The van der Waals surface area contributed by atoms with Crippen LogP contribution in [0.4, 0.5) is 5.69 Å². The number of unbranched alkanes of at least 4 members (excludes halogenated alkanes) is 11. The van der Waals surface area contributed by atoms with Gasteiger partial charge in [-0.15, -0.1) is 0 Å². The molecule has 0 saturated carbocycles. The van der Waals surface area contributed by atoms with Crippen LogP contribution in [0.1, 0.15) is 89.5 Å². The van der Waals surface area contributed by atoms with E-state index in [1.165, 1.54) is 70.6 Å². The Balaban J connectivity index is 0.00000560. The van der Waals surface area contributed by atoms with Crippen molar-refractivity contribution in [3.05, 3.63) is 70.1 Å². The highest BCUT2D eigenvalue weighted by atomic mass is 79.9. The van der Waals surface area contributed by atoms with Crippen LogP contribution >= 0.6 is 22.9 Å². The first-order chi connectivity index (χ1) is 19.1. The number of thiazole rings is 1. The maximum absolute atomic E-state index is 12.4. The zero-order valence-electron chi connectivity index (χ0n) is 23.7. The van der Waals surface area contributed by atoms with Crippen LogP contribution in [0.25, 0.3) is 0 Å². The van der Waals surface area contributed by atoms with Crippen molar-refractivity contribution >= 4 is 34.5 Å². The predicted molar refractivity (Wildman–Crippen MR) is 162 cm³/mol. The second-order valence-corrected chi connectivity index (χ2v) is 11.2. The number of amides is 1. The zero-order chi connectivity index (χ0) is 27.5. The number of nitrogens with zero attached hydrogens (tertiary/aromatic N) is 1. The molecular weight excluding hydrogens is 608 g/mol. The van der Waals surface area contributed by atoms with Crippen LogP contribution in [0.15, 0.2) is 59.6 Å². The molecule has 0 radical (unpaired) electrons. The molecule has 0 spiro atoms. The van der Waals surface area contributed by atoms with Gasteiger partial charge in [0.25, 0.3) is 5.91 Å². The average molecular weight is 652 g/mol. The number of nitrogens with one attached hydrogen (secondary N) is 1. The van der Waals surface area contributed by atoms with Gasteiger partial charge in [0.05, 0.1) is 17.0 Å². The largest absolute Gasteiger partial charge is 1.00 e. The van der Waals surface area contributed by atoms with Crippen molar-refractivity contribution in [2.75, 3.05) is 18.5 Å². The van der Waals surface area contributed by atoms with Crippen molar-refractivity contribution in [3.63, 3.8) is 0 Å². The van der Waals surface area contributed by atoms with Gasteiger partial charge in [0.15, 0.2) is 19.3 Å². The molecule has 40 heavy (non-hydrogen) atoms.